The lowest BCUT2D eigenvalue weighted by molar-refractivity contribution is 0.102. The van der Waals surface area contributed by atoms with Gasteiger partial charge in [-0.15, -0.1) is 0 Å². The van der Waals surface area contributed by atoms with Gasteiger partial charge in [-0.1, -0.05) is 24.1 Å². The molecule has 1 amide bonds. The molecule has 1 heterocycles. The number of sulfonamides is 1. The Morgan fingerprint density at radius 2 is 2.00 bits per heavy atom. The average Bonchev–Trinajstić information content (AvgIpc) is 2.62. The highest BCUT2D eigenvalue weighted by Crippen LogP contribution is 2.26. The average molecular weight is 411 g/mol. The zero-order valence-corrected chi connectivity index (χ0v) is 16.4. The van der Waals surface area contributed by atoms with Crippen LogP contribution in [0.2, 0.25) is 5.02 Å². The van der Waals surface area contributed by atoms with E-state index in [2.05, 4.69) is 5.32 Å². The molecule has 0 radical (unpaired) electrons. The molecule has 144 valence electrons. The number of hydrogen-bond acceptors (Lipinski definition) is 3. The Morgan fingerprint density at radius 3 is 2.70 bits per heavy atom. The van der Waals surface area contributed by atoms with E-state index >= 15 is 0 Å². The molecule has 0 unspecified atom stereocenters. The Morgan fingerprint density at radius 1 is 1.22 bits per heavy atom. The Labute approximate surface area is 163 Å². The number of anilines is 1. The van der Waals surface area contributed by atoms with E-state index in [1.54, 1.807) is 18.2 Å². The highest BCUT2D eigenvalue weighted by molar-refractivity contribution is 7.89. The molecular weight excluding hydrogens is 391 g/mol. The number of amides is 1. The molecule has 1 atom stereocenters. The van der Waals surface area contributed by atoms with Crippen molar-refractivity contribution >= 4 is 33.2 Å². The van der Waals surface area contributed by atoms with Crippen molar-refractivity contribution in [2.45, 2.75) is 37.1 Å². The summed E-state index contributed by atoms with van der Waals surface area (Å²) >= 11 is 5.88. The van der Waals surface area contributed by atoms with Gasteiger partial charge < -0.3 is 5.32 Å². The zero-order valence-electron chi connectivity index (χ0n) is 14.8. The van der Waals surface area contributed by atoms with Crippen LogP contribution in [0.15, 0.2) is 47.4 Å². The van der Waals surface area contributed by atoms with Gasteiger partial charge in [0.05, 0.1) is 10.5 Å². The minimum Gasteiger partial charge on any atom is -0.322 e. The van der Waals surface area contributed by atoms with E-state index in [1.165, 1.54) is 16.4 Å². The second kappa shape index (κ2) is 7.96. The number of nitrogens with zero attached hydrogens (tertiary/aromatic N) is 1. The highest BCUT2D eigenvalue weighted by Gasteiger charge is 2.31. The Balaban J connectivity index is 1.90. The van der Waals surface area contributed by atoms with E-state index in [-0.39, 0.29) is 16.5 Å². The first kappa shape index (κ1) is 19.8. The summed E-state index contributed by atoms with van der Waals surface area (Å²) < 4.78 is 41.5. The summed E-state index contributed by atoms with van der Waals surface area (Å²) in [6.45, 7) is 2.28. The number of benzene rings is 2. The molecule has 1 fully saturated rings. The minimum absolute atomic E-state index is 0.0890. The van der Waals surface area contributed by atoms with Crippen LogP contribution < -0.4 is 5.32 Å². The molecule has 0 bridgehead atoms. The molecule has 8 heteroatoms. The van der Waals surface area contributed by atoms with Gasteiger partial charge in [0.15, 0.2) is 0 Å². The van der Waals surface area contributed by atoms with Crippen molar-refractivity contribution in [3.05, 3.63) is 58.9 Å². The molecule has 2 aromatic rings. The first-order chi connectivity index (χ1) is 12.8. The molecule has 0 aliphatic carbocycles. The van der Waals surface area contributed by atoms with E-state index in [9.17, 15) is 17.6 Å². The van der Waals surface area contributed by atoms with Gasteiger partial charge in [-0.25, -0.2) is 12.8 Å². The summed E-state index contributed by atoms with van der Waals surface area (Å²) in [5, 5.41) is 2.96. The third kappa shape index (κ3) is 4.31. The van der Waals surface area contributed by atoms with Crippen LogP contribution in [-0.2, 0) is 10.0 Å². The Kier molecular flexibility index (Phi) is 5.83. The minimum atomic E-state index is -3.80. The number of hydrogen-bond donors (Lipinski definition) is 1. The molecule has 1 saturated heterocycles. The maximum atomic E-state index is 14.2. The van der Waals surface area contributed by atoms with E-state index in [0.717, 1.165) is 31.4 Å². The van der Waals surface area contributed by atoms with Crippen LogP contribution in [0.1, 0.15) is 36.5 Å². The third-order valence-electron chi connectivity index (χ3n) is 4.61. The molecule has 27 heavy (non-hydrogen) atoms. The molecule has 0 spiro atoms. The molecule has 0 aromatic heterocycles. The van der Waals surface area contributed by atoms with Crippen LogP contribution in [0.25, 0.3) is 0 Å². The maximum Gasteiger partial charge on any atom is 0.258 e. The number of carbonyl (C=O) groups excluding carboxylic acids is 1. The van der Waals surface area contributed by atoms with E-state index in [4.69, 9.17) is 11.6 Å². The topological polar surface area (TPSA) is 66.5 Å². The largest absolute Gasteiger partial charge is 0.322 e. The van der Waals surface area contributed by atoms with Crippen molar-refractivity contribution < 1.29 is 17.6 Å². The SMILES string of the molecule is C[C@H]1CCCCN1S(=O)(=O)c1ccc(F)c(C(=O)Nc2cccc(Cl)c2)c1. The normalized spacial score (nSPS) is 18.3. The van der Waals surface area contributed by atoms with Crippen molar-refractivity contribution in [3.8, 4) is 0 Å². The van der Waals surface area contributed by atoms with Gasteiger partial charge in [-0.3, -0.25) is 4.79 Å². The number of rotatable bonds is 4. The fraction of sp³-hybridized carbons (Fsp3) is 0.316. The van der Waals surface area contributed by atoms with E-state index < -0.39 is 21.7 Å². The fourth-order valence-electron chi connectivity index (χ4n) is 3.17. The first-order valence-electron chi connectivity index (χ1n) is 8.67. The van der Waals surface area contributed by atoms with E-state index in [1.807, 2.05) is 6.92 Å². The van der Waals surface area contributed by atoms with Crippen LogP contribution >= 0.6 is 11.6 Å². The third-order valence-corrected chi connectivity index (χ3v) is 6.86. The van der Waals surface area contributed by atoms with Gasteiger partial charge in [0.2, 0.25) is 10.0 Å². The van der Waals surface area contributed by atoms with E-state index in [0.29, 0.717) is 17.3 Å². The monoisotopic (exact) mass is 410 g/mol. The summed E-state index contributed by atoms with van der Waals surface area (Å²) in [6, 6.07) is 9.59. The van der Waals surface area contributed by atoms with Crippen molar-refractivity contribution in [2.75, 3.05) is 11.9 Å². The van der Waals surface area contributed by atoms with Crippen LogP contribution in [0.4, 0.5) is 10.1 Å². The highest BCUT2D eigenvalue weighted by atomic mass is 35.5. The van der Waals surface area contributed by atoms with Crippen molar-refractivity contribution in [1.29, 1.82) is 0 Å². The second-order valence-electron chi connectivity index (χ2n) is 6.57. The maximum absolute atomic E-state index is 14.2. The quantitative estimate of drug-likeness (QED) is 0.817. The van der Waals surface area contributed by atoms with Gasteiger partial charge in [-0.05, 0) is 56.2 Å². The van der Waals surface area contributed by atoms with Crippen LogP contribution in [0.3, 0.4) is 0 Å². The molecular formula is C19H20ClFN2O3S. The van der Waals surface area contributed by atoms with Gasteiger partial charge in [0.1, 0.15) is 5.82 Å². The van der Waals surface area contributed by atoms with Gasteiger partial charge in [0, 0.05) is 23.3 Å². The van der Waals surface area contributed by atoms with Crippen LogP contribution in [0.5, 0.6) is 0 Å². The predicted molar refractivity (Wildman–Crippen MR) is 103 cm³/mol. The van der Waals surface area contributed by atoms with Gasteiger partial charge >= 0.3 is 0 Å². The molecule has 1 aliphatic heterocycles. The van der Waals surface area contributed by atoms with Gasteiger partial charge in [0.25, 0.3) is 5.91 Å². The summed E-state index contributed by atoms with van der Waals surface area (Å²) in [4.78, 5) is 12.4. The number of piperidine rings is 1. The van der Waals surface area contributed by atoms with Crippen molar-refractivity contribution in [2.24, 2.45) is 0 Å². The number of halogens is 2. The molecule has 0 saturated carbocycles. The van der Waals surface area contributed by atoms with Crippen molar-refractivity contribution in [1.82, 2.24) is 4.31 Å². The lowest BCUT2D eigenvalue weighted by Gasteiger charge is -2.32. The standard InChI is InChI=1S/C19H20ClFN2O3S/c1-13-5-2-3-10-23(13)27(25,26)16-8-9-18(21)17(12-16)19(24)22-15-7-4-6-14(20)11-15/h4,6-9,11-13H,2-3,5,10H2,1H3,(H,22,24)/t13-/m0/s1. The van der Waals surface area contributed by atoms with Crippen LogP contribution in [-0.4, -0.2) is 31.2 Å². The summed E-state index contributed by atoms with van der Waals surface area (Å²) in [6.07, 6.45) is 2.54. The molecule has 2 aromatic carbocycles. The summed E-state index contributed by atoms with van der Waals surface area (Å²) in [5.74, 6) is -1.53. The number of carbonyl (C=O) groups is 1. The Bertz CT molecular complexity index is 965. The fourth-order valence-corrected chi connectivity index (χ4v) is 5.08. The Hall–Kier alpha value is -1.96. The van der Waals surface area contributed by atoms with Crippen molar-refractivity contribution in [3.63, 3.8) is 0 Å². The van der Waals surface area contributed by atoms with Gasteiger partial charge in [-0.2, -0.15) is 4.31 Å². The molecule has 3 rings (SSSR count). The molecule has 1 N–H and O–H groups in total. The lowest BCUT2D eigenvalue weighted by atomic mass is 10.1. The number of nitrogens with one attached hydrogen (secondary N) is 1. The smallest absolute Gasteiger partial charge is 0.258 e. The molecule has 5 nitrogen and oxygen atoms in total. The van der Waals surface area contributed by atoms with Crippen LogP contribution in [0, 0.1) is 5.82 Å². The first-order valence-corrected chi connectivity index (χ1v) is 10.5. The molecule has 1 aliphatic rings. The summed E-state index contributed by atoms with van der Waals surface area (Å²) in [7, 11) is -3.80. The summed E-state index contributed by atoms with van der Waals surface area (Å²) in [5.41, 5.74) is 0.0607. The lowest BCUT2D eigenvalue weighted by Crippen LogP contribution is -2.42. The zero-order chi connectivity index (χ0) is 19.6. The predicted octanol–water partition coefficient (Wildman–Crippen LogP) is 4.29. The second-order valence-corrected chi connectivity index (χ2v) is 8.89.